The van der Waals surface area contributed by atoms with Gasteiger partial charge in [-0.2, -0.15) is 0 Å². The summed E-state index contributed by atoms with van der Waals surface area (Å²) in [6.07, 6.45) is 7.70. The van der Waals surface area contributed by atoms with Gasteiger partial charge in [0.2, 0.25) is 5.95 Å². The second kappa shape index (κ2) is 4.44. The molecule has 0 radical (unpaired) electrons. The Bertz CT molecular complexity index is 444. The van der Waals surface area contributed by atoms with E-state index < -0.39 is 0 Å². The summed E-state index contributed by atoms with van der Waals surface area (Å²) in [5.74, 6) is 1.08. The molecule has 0 bridgehead atoms. The van der Waals surface area contributed by atoms with Gasteiger partial charge in [-0.15, -0.1) is 5.10 Å². The van der Waals surface area contributed by atoms with E-state index in [0.717, 1.165) is 17.3 Å². The topological polar surface area (TPSA) is 36.9 Å². The van der Waals surface area contributed by atoms with Gasteiger partial charge in [-0.25, -0.2) is 5.10 Å². The van der Waals surface area contributed by atoms with E-state index in [2.05, 4.69) is 26.6 Å². The van der Waals surface area contributed by atoms with E-state index in [1.807, 2.05) is 0 Å². The Morgan fingerprint density at radius 1 is 1.24 bits per heavy atom. The van der Waals surface area contributed by atoms with Crippen LogP contribution in [0.3, 0.4) is 0 Å². The van der Waals surface area contributed by atoms with Gasteiger partial charge in [0.1, 0.15) is 0 Å². The van der Waals surface area contributed by atoms with Crippen LogP contribution < -0.4 is 4.90 Å². The van der Waals surface area contributed by atoms with Crippen molar-refractivity contribution in [1.29, 1.82) is 0 Å². The predicted molar refractivity (Wildman–Crippen MR) is 71.0 cm³/mol. The molecule has 0 aromatic carbocycles. The van der Waals surface area contributed by atoms with Crippen LogP contribution in [-0.2, 0) is 0 Å². The smallest absolute Gasteiger partial charge is 0.226 e. The van der Waals surface area contributed by atoms with Crippen LogP contribution in [0.5, 0.6) is 0 Å². The maximum absolute atomic E-state index is 5.40. The van der Waals surface area contributed by atoms with Gasteiger partial charge in [0, 0.05) is 18.6 Å². The molecule has 1 aliphatic carbocycles. The summed E-state index contributed by atoms with van der Waals surface area (Å²) in [4.78, 5) is 2.41. The Morgan fingerprint density at radius 3 is 2.65 bits per heavy atom. The quantitative estimate of drug-likeness (QED) is 0.822. The van der Waals surface area contributed by atoms with Crippen LogP contribution in [0, 0.1) is 4.77 Å². The molecule has 5 heteroatoms. The SMILES string of the molecule is CC1CCCN1c1n[nH]c(=S)n1C1CCCC1. The Labute approximate surface area is 107 Å². The Kier molecular flexibility index (Phi) is 2.94. The predicted octanol–water partition coefficient (Wildman–Crippen LogP) is 3.04. The van der Waals surface area contributed by atoms with Crippen molar-refractivity contribution >= 4 is 18.2 Å². The van der Waals surface area contributed by atoms with Gasteiger partial charge in [0.05, 0.1) is 0 Å². The fourth-order valence-electron chi connectivity index (χ4n) is 3.22. The lowest BCUT2D eigenvalue weighted by atomic mass is 10.2. The standard InChI is InChI=1S/C12H20N4S/c1-9-5-4-8-15(9)11-13-14-12(17)16(11)10-6-2-3-7-10/h9-10H,2-8H2,1H3,(H,14,17). The molecule has 1 aromatic rings. The monoisotopic (exact) mass is 252 g/mol. The van der Waals surface area contributed by atoms with E-state index >= 15 is 0 Å². The molecule has 2 heterocycles. The van der Waals surface area contributed by atoms with Crippen LogP contribution in [0.4, 0.5) is 5.95 Å². The largest absolute Gasteiger partial charge is 0.338 e. The highest BCUT2D eigenvalue weighted by Gasteiger charge is 2.28. The van der Waals surface area contributed by atoms with Crippen molar-refractivity contribution in [3.63, 3.8) is 0 Å². The fourth-order valence-corrected chi connectivity index (χ4v) is 3.50. The molecule has 1 aromatic heterocycles. The van der Waals surface area contributed by atoms with Gasteiger partial charge in [-0.1, -0.05) is 12.8 Å². The van der Waals surface area contributed by atoms with Crippen molar-refractivity contribution in [2.75, 3.05) is 11.4 Å². The summed E-state index contributed by atoms with van der Waals surface area (Å²) in [5, 5.41) is 7.45. The van der Waals surface area contributed by atoms with E-state index in [1.54, 1.807) is 0 Å². The third-order valence-electron chi connectivity index (χ3n) is 4.19. The van der Waals surface area contributed by atoms with Gasteiger partial charge >= 0.3 is 0 Å². The van der Waals surface area contributed by atoms with Crippen molar-refractivity contribution in [2.24, 2.45) is 0 Å². The first kappa shape index (κ1) is 11.3. The summed E-state index contributed by atoms with van der Waals surface area (Å²) in [5.41, 5.74) is 0. The molecule has 1 unspecified atom stereocenters. The van der Waals surface area contributed by atoms with Crippen LogP contribution in [0.25, 0.3) is 0 Å². The highest BCUT2D eigenvalue weighted by molar-refractivity contribution is 7.71. The first-order valence-electron chi connectivity index (χ1n) is 6.71. The van der Waals surface area contributed by atoms with Crippen molar-refractivity contribution in [1.82, 2.24) is 14.8 Å². The van der Waals surface area contributed by atoms with Gasteiger partial charge < -0.3 is 4.90 Å². The summed E-state index contributed by atoms with van der Waals surface area (Å²) in [7, 11) is 0. The van der Waals surface area contributed by atoms with Crippen molar-refractivity contribution in [3.8, 4) is 0 Å². The van der Waals surface area contributed by atoms with Crippen LogP contribution in [0.15, 0.2) is 0 Å². The second-order valence-corrected chi connectivity index (χ2v) is 5.71. The number of rotatable bonds is 2. The van der Waals surface area contributed by atoms with Crippen LogP contribution in [0.1, 0.15) is 51.5 Å². The molecule has 1 atom stereocenters. The highest BCUT2D eigenvalue weighted by Crippen LogP contribution is 2.34. The van der Waals surface area contributed by atoms with Crippen LogP contribution in [-0.4, -0.2) is 27.4 Å². The van der Waals surface area contributed by atoms with Crippen molar-refractivity contribution < 1.29 is 0 Å². The van der Waals surface area contributed by atoms with Gasteiger partial charge in [0.25, 0.3) is 0 Å². The summed E-state index contributed by atoms with van der Waals surface area (Å²) < 4.78 is 3.07. The van der Waals surface area contributed by atoms with Gasteiger partial charge in [0.15, 0.2) is 4.77 Å². The highest BCUT2D eigenvalue weighted by atomic mass is 32.1. The molecule has 1 saturated carbocycles. The number of nitrogens with one attached hydrogen (secondary N) is 1. The fraction of sp³-hybridized carbons (Fsp3) is 0.833. The molecule has 0 spiro atoms. The Hall–Kier alpha value is -0.840. The van der Waals surface area contributed by atoms with Crippen molar-refractivity contribution in [3.05, 3.63) is 4.77 Å². The normalized spacial score (nSPS) is 25.9. The molecule has 17 heavy (non-hydrogen) atoms. The van der Waals surface area contributed by atoms with E-state index in [9.17, 15) is 0 Å². The zero-order valence-corrected chi connectivity index (χ0v) is 11.2. The van der Waals surface area contributed by atoms with Crippen LogP contribution in [0.2, 0.25) is 0 Å². The molecule has 1 aliphatic heterocycles. The van der Waals surface area contributed by atoms with E-state index in [4.69, 9.17) is 12.2 Å². The van der Waals surface area contributed by atoms with Crippen LogP contribution >= 0.6 is 12.2 Å². The maximum Gasteiger partial charge on any atom is 0.226 e. The lowest BCUT2D eigenvalue weighted by Crippen LogP contribution is -2.30. The average molecular weight is 252 g/mol. The van der Waals surface area contributed by atoms with E-state index in [0.29, 0.717) is 12.1 Å². The maximum atomic E-state index is 5.40. The number of aromatic nitrogens is 3. The lowest BCUT2D eigenvalue weighted by Gasteiger charge is -2.25. The molecule has 3 rings (SSSR count). The number of nitrogens with zero attached hydrogens (tertiary/aromatic N) is 3. The minimum Gasteiger partial charge on any atom is -0.338 e. The zero-order valence-electron chi connectivity index (χ0n) is 10.4. The minimum atomic E-state index is 0.573. The van der Waals surface area contributed by atoms with Gasteiger partial charge in [-0.3, -0.25) is 4.57 Å². The summed E-state index contributed by atoms with van der Waals surface area (Å²) in [6, 6.07) is 1.17. The molecular formula is C12H20N4S. The first-order valence-corrected chi connectivity index (χ1v) is 7.12. The third kappa shape index (κ3) is 1.90. The summed E-state index contributed by atoms with van der Waals surface area (Å²) >= 11 is 5.40. The molecule has 2 fully saturated rings. The van der Waals surface area contributed by atoms with E-state index in [-0.39, 0.29) is 0 Å². The Morgan fingerprint density at radius 2 is 2.00 bits per heavy atom. The number of anilines is 1. The molecule has 1 saturated heterocycles. The van der Waals surface area contributed by atoms with Crippen molar-refractivity contribution in [2.45, 2.75) is 57.5 Å². The molecule has 4 nitrogen and oxygen atoms in total. The zero-order chi connectivity index (χ0) is 11.8. The number of H-pyrrole nitrogens is 1. The number of aromatic amines is 1. The third-order valence-corrected chi connectivity index (χ3v) is 4.47. The molecule has 2 aliphatic rings. The number of hydrogen-bond acceptors (Lipinski definition) is 3. The molecule has 1 N–H and O–H groups in total. The number of hydrogen-bond donors (Lipinski definition) is 1. The first-order chi connectivity index (χ1) is 8.27. The molecular weight excluding hydrogens is 232 g/mol. The second-order valence-electron chi connectivity index (χ2n) is 5.32. The van der Waals surface area contributed by atoms with Gasteiger partial charge in [-0.05, 0) is 44.8 Å². The summed E-state index contributed by atoms with van der Waals surface area (Å²) in [6.45, 7) is 3.40. The molecule has 94 valence electrons. The molecule has 0 amide bonds. The van der Waals surface area contributed by atoms with E-state index in [1.165, 1.54) is 38.5 Å². The average Bonchev–Trinajstić information content (AvgIpc) is 2.98. The lowest BCUT2D eigenvalue weighted by molar-refractivity contribution is 0.504. The minimum absolute atomic E-state index is 0.573. The Balaban J connectivity index is 1.96.